The van der Waals surface area contributed by atoms with Gasteiger partial charge in [-0.3, -0.25) is 10.1 Å². The van der Waals surface area contributed by atoms with Gasteiger partial charge in [0.1, 0.15) is 0 Å². The maximum absolute atomic E-state index is 10.7. The third-order valence-electron chi connectivity index (χ3n) is 2.79. The van der Waals surface area contributed by atoms with Crippen LogP contribution in [0.2, 0.25) is 0 Å². The first-order valence-electron chi connectivity index (χ1n) is 6.00. The molecular weight excluding hydrogens is 306 g/mol. The molecule has 2 aromatic carbocycles. The van der Waals surface area contributed by atoms with Crippen LogP contribution in [0.1, 0.15) is 5.56 Å². The molecule has 7 heteroatoms. The van der Waals surface area contributed by atoms with Gasteiger partial charge in [-0.05, 0) is 23.8 Å². The van der Waals surface area contributed by atoms with Gasteiger partial charge in [-0.1, -0.05) is 23.5 Å². The highest BCUT2D eigenvalue weighted by Crippen LogP contribution is 2.30. The number of fused-ring (bicyclic) bond motifs is 1. The SMILES string of the molecule is O=[N+]([O-])c1ccc2nc(N=Cc3ccc(S)cc3)sc2c1. The first-order chi connectivity index (χ1) is 10.1. The fourth-order valence-corrected chi connectivity index (χ4v) is 2.75. The number of rotatable bonds is 3. The minimum atomic E-state index is -0.416. The molecule has 0 atom stereocenters. The van der Waals surface area contributed by atoms with Crippen LogP contribution in [-0.2, 0) is 0 Å². The van der Waals surface area contributed by atoms with E-state index in [1.807, 2.05) is 24.3 Å². The summed E-state index contributed by atoms with van der Waals surface area (Å²) in [6, 6.07) is 12.2. The molecule has 0 aliphatic carbocycles. The lowest BCUT2D eigenvalue weighted by atomic mass is 10.2. The van der Waals surface area contributed by atoms with Crippen LogP contribution in [0, 0.1) is 10.1 Å². The van der Waals surface area contributed by atoms with Gasteiger partial charge in [0, 0.05) is 23.2 Å². The van der Waals surface area contributed by atoms with Gasteiger partial charge in [-0.25, -0.2) is 9.98 Å². The summed E-state index contributed by atoms with van der Waals surface area (Å²) in [5, 5.41) is 11.3. The lowest BCUT2D eigenvalue weighted by molar-refractivity contribution is -0.384. The van der Waals surface area contributed by atoms with Gasteiger partial charge < -0.3 is 0 Å². The van der Waals surface area contributed by atoms with Crippen molar-refractivity contribution < 1.29 is 4.92 Å². The molecule has 0 bridgehead atoms. The lowest BCUT2D eigenvalue weighted by Crippen LogP contribution is -1.85. The van der Waals surface area contributed by atoms with Gasteiger partial charge in [-0.2, -0.15) is 0 Å². The minimum absolute atomic E-state index is 0.0612. The first-order valence-corrected chi connectivity index (χ1v) is 7.26. The Morgan fingerprint density at radius 2 is 2.00 bits per heavy atom. The smallest absolute Gasteiger partial charge is 0.258 e. The number of hydrogen-bond acceptors (Lipinski definition) is 6. The van der Waals surface area contributed by atoms with Crippen molar-refractivity contribution in [2.24, 2.45) is 4.99 Å². The summed E-state index contributed by atoms with van der Waals surface area (Å²) in [7, 11) is 0. The topological polar surface area (TPSA) is 68.4 Å². The monoisotopic (exact) mass is 315 g/mol. The summed E-state index contributed by atoms with van der Waals surface area (Å²) in [6.07, 6.45) is 1.71. The van der Waals surface area contributed by atoms with Crippen molar-refractivity contribution in [2.45, 2.75) is 4.90 Å². The third-order valence-corrected chi connectivity index (χ3v) is 4.01. The number of aromatic nitrogens is 1. The predicted molar refractivity (Wildman–Crippen MR) is 87.2 cm³/mol. The molecule has 0 aliphatic rings. The molecule has 0 radical (unpaired) electrons. The molecule has 0 amide bonds. The Hall–Kier alpha value is -2.25. The van der Waals surface area contributed by atoms with E-state index in [2.05, 4.69) is 22.6 Å². The van der Waals surface area contributed by atoms with Gasteiger partial charge in [0.05, 0.1) is 15.1 Å². The van der Waals surface area contributed by atoms with E-state index in [4.69, 9.17) is 0 Å². The third kappa shape index (κ3) is 3.09. The highest BCUT2D eigenvalue weighted by atomic mass is 32.1. The zero-order valence-corrected chi connectivity index (χ0v) is 12.3. The number of hydrogen-bond donors (Lipinski definition) is 1. The molecule has 0 aliphatic heterocycles. The molecule has 1 heterocycles. The second kappa shape index (κ2) is 5.63. The maximum atomic E-state index is 10.7. The number of nitrogens with zero attached hydrogens (tertiary/aromatic N) is 3. The van der Waals surface area contributed by atoms with Crippen LogP contribution in [0.3, 0.4) is 0 Å². The Labute approximate surface area is 129 Å². The summed E-state index contributed by atoms with van der Waals surface area (Å²) in [5.74, 6) is 0. The fourth-order valence-electron chi connectivity index (χ4n) is 1.76. The van der Waals surface area contributed by atoms with E-state index in [9.17, 15) is 10.1 Å². The number of nitro groups is 1. The molecular formula is C14H9N3O2S2. The van der Waals surface area contributed by atoms with E-state index in [0.717, 1.165) is 15.2 Å². The van der Waals surface area contributed by atoms with Crippen LogP contribution in [0.25, 0.3) is 10.2 Å². The highest BCUT2D eigenvalue weighted by molar-refractivity contribution is 7.80. The van der Waals surface area contributed by atoms with E-state index in [1.54, 1.807) is 12.3 Å². The van der Waals surface area contributed by atoms with Crippen molar-refractivity contribution in [2.75, 3.05) is 0 Å². The van der Waals surface area contributed by atoms with Crippen molar-refractivity contribution in [3.63, 3.8) is 0 Å². The quantitative estimate of drug-likeness (QED) is 0.340. The average Bonchev–Trinajstić information content (AvgIpc) is 2.88. The van der Waals surface area contributed by atoms with E-state index < -0.39 is 4.92 Å². The molecule has 0 unspecified atom stereocenters. The second-order valence-electron chi connectivity index (χ2n) is 4.26. The molecule has 0 spiro atoms. The fraction of sp³-hybridized carbons (Fsp3) is 0. The Morgan fingerprint density at radius 1 is 1.24 bits per heavy atom. The summed E-state index contributed by atoms with van der Waals surface area (Å²) < 4.78 is 0.752. The standard InChI is InChI=1S/C14H9N3O2S2/c18-17(19)10-3-6-12-13(7-10)21-14(16-12)15-8-9-1-4-11(20)5-2-9/h1-8,20H. The molecule has 1 aromatic heterocycles. The normalized spacial score (nSPS) is 11.3. The van der Waals surface area contributed by atoms with Crippen molar-refractivity contribution >= 4 is 51.2 Å². The molecule has 21 heavy (non-hydrogen) atoms. The van der Waals surface area contributed by atoms with Gasteiger partial charge in [0.2, 0.25) is 5.13 Å². The van der Waals surface area contributed by atoms with Gasteiger partial charge >= 0.3 is 0 Å². The number of non-ortho nitro benzene ring substituents is 1. The van der Waals surface area contributed by atoms with E-state index in [-0.39, 0.29) is 5.69 Å². The molecule has 5 nitrogen and oxygen atoms in total. The number of thiol groups is 1. The van der Waals surface area contributed by atoms with E-state index in [0.29, 0.717) is 10.6 Å². The molecule has 0 N–H and O–H groups in total. The summed E-state index contributed by atoms with van der Waals surface area (Å²) in [6.45, 7) is 0. The number of aliphatic imine (C=N–C) groups is 1. The van der Waals surface area contributed by atoms with Crippen LogP contribution in [0.5, 0.6) is 0 Å². The van der Waals surface area contributed by atoms with E-state index >= 15 is 0 Å². The maximum Gasteiger partial charge on any atom is 0.270 e. The van der Waals surface area contributed by atoms with Gasteiger partial charge in [-0.15, -0.1) is 12.6 Å². The van der Waals surface area contributed by atoms with Crippen LogP contribution >= 0.6 is 24.0 Å². The summed E-state index contributed by atoms with van der Waals surface area (Å²) in [5.41, 5.74) is 1.72. The molecule has 3 rings (SSSR count). The second-order valence-corrected chi connectivity index (χ2v) is 5.78. The van der Waals surface area contributed by atoms with Crippen LogP contribution in [0.15, 0.2) is 52.4 Å². The molecule has 104 valence electrons. The first kappa shape index (κ1) is 13.7. The van der Waals surface area contributed by atoms with Crippen LogP contribution in [-0.4, -0.2) is 16.1 Å². The molecule has 0 saturated heterocycles. The highest BCUT2D eigenvalue weighted by Gasteiger charge is 2.09. The zero-order valence-electron chi connectivity index (χ0n) is 10.6. The minimum Gasteiger partial charge on any atom is -0.258 e. The average molecular weight is 315 g/mol. The number of nitro benzene ring substituents is 1. The zero-order chi connectivity index (χ0) is 14.8. The van der Waals surface area contributed by atoms with Crippen molar-refractivity contribution in [3.8, 4) is 0 Å². The van der Waals surface area contributed by atoms with E-state index in [1.165, 1.54) is 23.5 Å². The van der Waals surface area contributed by atoms with Gasteiger partial charge in [0.15, 0.2) is 0 Å². The Kier molecular flexibility index (Phi) is 3.68. The molecule has 3 aromatic rings. The molecule has 0 fully saturated rings. The Bertz CT molecular complexity index is 841. The van der Waals surface area contributed by atoms with Crippen molar-refractivity contribution in [1.82, 2.24) is 4.98 Å². The Morgan fingerprint density at radius 3 is 2.71 bits per heavy atom. The Balaban J connectivity index is 1.90. The number of benzene rings is 2. The van der Waals surface area contributed by atoms with Crippen LogP contribution in [0.4, 0.5) is 10.8 Å². The number of thiazole rings is 1. The summed E-state index contributed by atoms with van der Waals surface area (Å²) >= 11 is 5.54. The van der Waals surface area contributed by atoms with Gasteiger partial charge in [0.25, 0.3) is 5.69 Å². The predicted octanol–water partition coefficient (Wildman–Crippen LogP) is 4.24. The largest absolute Gasteiger partial charge is 0.270 e. The van der Waals surface area contributed by atoms with Crippen LogP contribution < -0.4 is 0 Å². The van der Waals surface area contributed by atoms with Crippen molar-refractivity contribution in [1.29, 1.82) is 0 Å². The molecule has 0 saturated carbocycles. The lowest BCUT2D eigenvalue weighted by Gasteiger charge is -1.92. The van der Waals surface area contributed by atoms with Crippen molar-refractivity contribution in [3.05, 3.63) is 58.1 Å². The summed E-state index contributed by atoms with van der Waals surface area (Å²) in [4.78, 5) is 19.9.